The third kappa shape index (κ3) is 4.68. The molecule has 8 rings (SSSR count). The average molecular weight is 534 g/mol. The summed E-state index contributed by atoms with van der Waals surface area (Å²) in [4.78, 5) is 0. The van der Waals surface area contributed by atoms with Gasteiger partial charge in [0.05, 0.1) is 0 Å². The molecule has 4 aromatic carbocycles. The van der Waals surface area contributed by atoms with Crippen LogP contribution in [0.15, 0.2) is 84.9 Å². The first kappa shape index (κ1) is 24.7. The Morgan fingerprint density at radius 2 is 0.975 bits per heavy atom. The van der Waals surface area contributed by atoms with Crippen molar-refractivity contribution in [1.82, 2.24) is 0 Å². The molecule has 4 aliphatic carbocycles. The second kappa shape index (κ2) is 9.70. The zero-order chi connectivity index (χ0) is 27.3. The Morgan fingerprint density at radius 1 is 0.525 bits per heavy atom. The fraction of sp³-hybridized carbons (Fsp3) is 0.294. The minimum Gasteiger partial charge on any atom is -0.453 e. The Bertz CT molecular complexity index is 1530. The molecule has 0 aromatic heterocycles. The predicted molar refractivity (Wildman–Crippen MR) is 159 cm³/mol. The molecule has 6 nitrogen and oxygen atoms in total. The molecule has 0 amide bonds. The maximum absolute atomic E-state index is 6.77. The minimum absolute atomic E-state index is 0.0495. The maximum Gasteiger partial charge on any atom is 0.212 e. The summed E-state index contributed by atoms with van der Waals surface area (Å²) in [5, 5.41) is 0. The molecule has 4 fully saturated rings. The Balaban J connectivity index is 1.41. The first-order chi connectivity index (χ1) is 19.4. The van der Waals surface area contributed by atoms with Gasteiger partial charge in [-0.2, -0.15) is 0 Å². The topological polar surface area (TPSA) is 106 Å². The van der Waals surface area contributed by atoms with Crippen LogP contribution in [0, 0.1) is 17.8 Å². The van der Waals surface area contributed by atoms with Crippen molar-refractivity contribution in [3.63, 3.8) is 0 Å². The summed E-state index contributed by atoms with van der Waals surface area (Å²) in [6.45, 7) is 0. The quantitative estimate of drug-likeness (QED) is 0.206. The molecule has 4 aliphatic rings. The van der Waals surface area contributed by atoms with Gasteiger partial charge >= 0.3 is 0 Å². The summed E-state index contributed by atoms with van der Waals surface area (Å²) in [6, 6.07) is 26.6. The second-order valence-corrected chi connectivity index (χ2v) is 12.0. The highest BCUT2D eigenvalue weighted by molar-refractivity contribution is 5.63. The largest absolute Gasteiger partial charge is 0.453 e. The SMILES string of the molecule is Nc1cccc(Oc2ccc(C34CC5CC(CC(C5)C3)C4)c(Oc3cccc(N)c3)c2Oc2cccc(N)c2)c1. The van der Waals surface area contributed by atoms with Crippen LogP contribution in [0.3, 0.4) is 0 Å². The molecule has 0 saturated heterocycles. The molecule has 40 heavy (non-hydrogen) atoms. The molecule has 4 aromatic rings. The van der Waals surface area contributed by atoms with Crippen LogP contribution in [0.4, 0.5) is 17.1 Å². The van der Waals surface area contributed by atoms with E-state index in [1.54, 1.807) is 6.07 Å². The second-order valence-electron chi connectivity index (χ2n) is 12.0. The minimum atomic E-state index is 0.0495. The maximum atomic E-state index is 6.77. The first-order valence-electron chi connectivity index (χ1n) is 14.2. The summed E-state index contributed by atoms with van der Waals surface area (Å²) < 4.78 is 19.8. The molecule has 4 bridgehead atoms. The van der Waals surface area contributed by atoms with Crippen LogP contribution in [0.2, 0.25) is 0 Å². The normalized spacial score (nSPS) is 24.6. The standard InChI is InChI=1S/C34H35N3O3/c35-24-4-1-7-27(15-24)38-31-11-10-30(34-18-21-12-22(19-34)14-23(13-21)20-34)32(39-28-8-2-5-25(36)16-28)33(31)40-29-9-3-6-26(37)17-29/h1-11,15-17,21-23H,12-14,18-20,35-37H2. The van der Waals surface area contributed by atoms with E-state index in [-0.39, 0.29) is 5.41 Å². The molecule has 0 atom stereocenters. The number of ether oxygens (including phenoxy) is 3. The third-order valence-electron chi connectivity index (χ3n) is 8.93. The zero-order valence-corrected chi connectivity index (χ0v) is 22.5. The number of hydrogen-bond donors (Lipinski definition) is 3. The van der Waals surface area contributed by atoms with Crippen molar-refractivity contribution >= 4 is 17.1 Å². The zero-order valence-electron chi connectivity index (χ0n) is 22.5. The van der Waals surface area contributed by atoms with E-state index in [9.17, 15) is 0 Å². The molecule has 0 radical (unpaired) electrons. The van der Waals surface area contributed by atoms with E-state index in [1.807, 2.05) is 72.8 Å². The summed E-state index contributed by atoms with van der Waals surface area (Å²) in [5.41, 5.74) is 21.5. The summed E-state index contributed by atoms with van der Waals surface area (Å²) in [7, 11) is 0. The van der Waals surface area contributed by atoms with Crippen molar-refractivity contribution in [2.45, 2.75) is 43.9 Å². The molecule has 0 spiro atoms. The van der Waals surface area contributed by atoms with Gasteiger partial charge in [0.1, 0.15) is 17.2 Å². The van der Waals surface area contributed by atoms with E-state index in [2.05, 4.69) is 6.07 Å². The highest BCUT2D eigenvalue weighted by Crippen LogP contribution is 2.63. The lowest BCUT2D eigenvalue weighted by Gasteiger charge is -2.57. The van der Waals surface area contributed by atoms with Gasteiger partial charge in [-0.3, -0.25) is 0 Å². The van der Waals surface area contributed by atoms with E-state index in [0.29, 0.717) is 51.6 Å². The van der Waals surface area contributed by atoms with Crippen molar-refractivity contribution in [3.05, 3.63) is 90.5 Å². The molecule has 6 heteroatoms. The van der Waals surface area contributed by atoms with Gasteiger partial charge in [0.15, 0.2) is 11.5 Å². The van der Waals surface area contributed by atoms with Gasteiger partial charge < -0.3 is 31.4 Å². The van der Waals surface area contributed by atoms with Crippen molar-refractivity contribution in [3.8, 4) is 34.5 Å². The van der Waals surface area contributed by atoms with Gasteiger partial charge in [0.25, 0.3) is 0 Å². The summed E-state index contributed by atoms with van der Waals surface area (Å²) >= 11 is 0. The lowest BCUT2D eigenvalue weighted by atomic mass is 9.48. The van der Waals surface area contributed by atoms with Gasteiger partial charge in [0.2, 0.25) is 5.75 Å². The van der Waals surface area contributed by atoms with Crippen molar-refractivity contribution in [2.24, 2.45) is 17.8 Å². The monoisotopic (exact) mass is 533 g/mol. The molecule has 6 N–H and O–H groups in total. The van der Waals surface area contributed by atoms with Gasteiger partial charge in [-0.15, -0.1) is 0 Å². The smallest absolute Gasteiger partial charge is 0.212 e. The van der Waals surface area contributed by atoms with Crippen LogP contribution < -0.4 is 31.4 Å². The lowest BCUT2D eigenvalue weighted by Crippen LogP contribution is -2.48. The lowest BCUT2D eigenvalue weighted by molar-refractivity contribution is -0.00610. The molecule has 4 saturated carbocycles. The highest BCUT2D eigenvalue weighted by Gasteiger charge is 2.53. The van der Waals surface area contributed by atoms with Crippen LogP contribution in [-0.2, 0) is 5.41 Å². The van der Waals surface area contributed by atoms with Gasteiger partial charge in [0, 0.05) is 40.8 Å². The third-order valence-corrected chi connectivity index (χ3v) is 8.93. The Kier molecular flexibility index (Phi) is 5.99. The van der Waals surface area contributed by atoms with E-state index < -0.39 is 0 Å². The van der Waals surface area contributed by atoms with E-state index in [0.717, 1.165) is 17.8 Å². The molecule has 0 heterocycles. The fourth-order valence-corrected chi connectivity index (χ4v) is 7.78. The molecular formula is C34H35N3O3. The summed E-state index contributed by atoms with van der Waals surface area (Å²) in [5.74, 6) is 5.94. The van der Waals surface area contributed by atoms with Crippen LogP contribution in [0.1, 0.15) is 44.1 Å². The number of hydrogen-bond acceptors (Lipinski definition) is 6. The van der Waals surface area contributed by atoms with Crippen LogP contribution >= 0.6 is 0 Å². The molecule has 0 aliphatic heterocycles. The van der Waals surface area contributed by atoms with Gasteiger partial charge in [-0.05, 0) is 104 Å². The number of benzene rings is 4. The molecule has 204 valence electrons. The van der Waals surface area contributed by atoms with Gasteiger partial charge in [-0.1, -0.05) is 24.3 Å². The van der Waals surface area contributed by atoms with Crippen molar-refractivity contribution in [2.75, 3.05) is 17.2 Å². The van der Waals surface area contributed by atoms with E-state index >= 15 is 0 Å². The average Bonchev–Trinajstić information content (AvgIpc) is 2.90. The van der Waals surface area contributed by atoms with E-state index in [1.165, 1.54) is 44.1 Å². The molecule has 0 unspecified atom stereocenters. The van der Waals surface area contributed by atoms with Crippen molar-refractivity contribution in [1.29, 1.82) is 0 Å². The number of nitrogens with two attached hydrogens (primary N) is 3. The fourth-order valence-electron chi connectivity index (χ4n) is 7.78. The Labute approximate surface area is 235 Å². The van der Waals surface area contributed by atoms with Crippen LogP contribution in [0.5, 0.6) is 34.5 Å². The molecular weight excluding hydrogens is 498 g/mol. The highest BCUT2D eigenvalue weighted by atomic mass is 16.5. The summed E-state index contributed by atoms with van der Waals surface area (Å²) in [6.07, 6.45) is 7.61. The van der Waals surface area contributed by atoms with E-state index in [4.69, 9.17) is 31.4 Å². The van der Waals surface area contributed by atoms with Crippen molar-refractivity contribution < 1.29 is 14.2 Å². The predicted octanol–water partition coefficient (Wildman–Crippen LogP) is 8.28. The first-order valence-corrected chi connectivity index (χ1v) is 14.2. The number of anilines is 3. The van der Waals surface area contributed by atoms with Gasteiger partial charge in [-0.25, -0.2) is 0 Å². The number of rotatable bonds is 7. The van der Waals surface area contributed by atoms with Crippen LogP contribution in [0.25, 0.3) is 0 Å². The number of nitrogen functional groups attached to an aromatic ring is 3. The Morgan fingerprint density at radius 3 is 1.45 bits per heavy atom. The Hall–Kier alpha value is -4.32. The van der Waals surface area contributed by atoms with Crippen LogP contribution in [-0.4, -0.2) is 0 Å².